The molecule has 0 radical (unpaired) electrons. The Hall–Kier alpha value is -3.87. The maximum atomic E-state index is 15.0. The number of pyridine rings is 1. The molecule has 1 aromatic heterocycles. The van der Waals surface area contributed by atoms with Gasteiger partial charge in [0, 0.05) is 11.8 Å². The van der Waals surface area contributed by atoms with E-state index in [9.17, 15) is 19.2 Å². The van der Waals surface area contributed by atoms with Crippen molar-refractivity contribution in [2.24, 2.45) is 5.92 Å². The van der Waals surface area contributed by atoms with Crippen LogP contribution in [0.1, 0.15) is 53.5 Å². The number of carbonyl (C=O) groups is 2. The summed E-state index contributed by atoms with van der Waals surface area (Å²) in [4.78, 5) is 27.7. The maximum absolute atomic E-state index is 15.0. The van der Waals surface area contributed by atoms with Gasteiger partial charge in [-0.15, -0.1) is 0 Å². The maximum Gasteiger partial charge on any atom is 0.412 e. The van der Waals surface area contributed by atoms with Gasteiger partial charge in [0.25, 0.3) is 0 Å². The van der Waals surface area contributed by atoms with Crippen LogP contribution in [0.2, 0.25) is 0 Å². The number of nitrogens with one attached hydrogen (secondary N) is 2. The van der Waals surface area contributed by atoms with Crippen LogP contribution in [-0.4, -0.2) is 42.0 Å². The topological polar surface area (TPSA) is 123 Å². The molecule has 1 atom stereocenters. The predicted molar refractivity (Wildman–Crippen MR) is 133 cm³/mol. The van der Waals surface area contributed by atoms with Crippen molar-refractivity contribution in [1.82, 2.24) is 10.3 Å². The fourth-order valence-electron chi connectivity index (χ4n) is 3.65. The fourth-order valence-corrected chi connectivity index (χ4v) is 3.65. The third-order valence-corrected chi connectivity index (χ3v) is 4.91. The molecule has 0 saturated carbocycles. The summed E-state index contributed by atoms with van der Waals surface area (Å²) in [6.45, 7) is 11.3. The first-order chi connectivity index (χ1) is 16.8. The molecule has 0 aliphatic rings. The molecule has 1 aromatic carbocycles. The normalized spacial score (nSPS) is 12.8. The van der Waals surface area contributed by atoms with Crippen LogP contribution in [-0.2, 0) is 9.47 Å². The summed E-state index contributed by atoms with van der Waals surface area (Å²) in [6, 6.07) is 8.13. The molecule has 10 heteroatoms. The molecule has 0 spiro atoms. The summed E-state index contributed by atoms with van der Waals surface area (Å²) in [5, 5.41) is 14.8. The van der Waals surface area contributed by atoms with Gasteiger partial charge in [-0.25, -0.2) is 19.0 Å². The van der Waals surface area contributed by atoms with Crippen LogP contribution in [0, 0.1) is 23.1 Å². The number of anilines is 1. The number of nitrogens with zero attached hydrogens (tertiary/aromatic N) is 2. The largest absolute Gasteiger partial charge is 0.490 e. The highest BCUT2D eigenvalue weighted by molar-refractivity contribution is 5.84. The number of ether oxygens (including phenoxy) is 3. The van der Waals surface area contributed by atoms with Crippen LogP contribution in [0.4, 0.5) is 19.8 Å². The number of hydrogen-bond acceptors (Lipinski definition) is 7. The molecule has 2 amide bonds. The first kappa shape index (κ1) is 28.4. The number of rotatable bonds is 8. The second-order valence-corrected chi connectivity index (χ2v) is 10.0. The van der Waals surface area contributed by atoms with Gasteiger partial charge in [0.1, 0.15) is 24.0 Å². The van der Waals surface area contributed by atoms with Crippen molar-refractivity contribution in [3.8, 4) is 22.9 Å². The molecule has 2 aromatic rings. The molecule has 0 fully saturated rings. The number of amides is 2. The standard InChI is InChI=1S/C26H33FN4O5/c1-16(2)13-26(6,31-24(33)36-25(3,4)5)15-35-20-9-8-17(12-18(20)14-28)19-10-11-29-22(21(19)27)30-23(32)34-7/h8-12,16H,13,15H2,1-7H3,(H,31,33)(H,29,30,32). The number of methoxy groups -OCH3 is 1. The van der Waals surface area contributed by atoms with Crippen LogP contribution in [0.3, 0.4) is 0 Å². The molecular weight excluding hydrogens is 467 g/mol. The van der Waals surface area contributed by atoms with Crippen LogP contribution in [0.5, 0.6) is 5.75 Å². The zero-order valence-electron chi connectivity index (χ0n) is 21.7. The molecule has 1 heterocycles. The van der Waals surface area contributed by atoms with Crippen LogP contribution >= 0.6 is 0 Å². The monoisotopic (exact) mass is 500 g/mol. The lowest BCUT2D eigenvalue weighted by molar-refractivity contribution is 0.0408. The van der Waals surface area contributed by atoms with Crippen LogP contribution in [0.15, 0.2) is 30.5 Å². The van der Waals surface area contributed by atoms with Crippen molar-refractivity contribution in [2.45, 2.75) is 59.1 Å². The highest BCUT2D eigenvalue weighted by atomic mass is 19.1. The number of alkyl carbamates (subject to hydrolysis) is 1. The van der Waals surface area contributed by atoms with Gasteiger partial charge in [-0.2, -0.15) is 5.26 Å². The Balaban J connectivity index is 2.28. The van der Waals surface area contributed by atoms with E-state index in [0.29, 0.717) is 12.0 Å². The van der Waals surface area contributed by atoms with E-state index in [0.717, 1.165) is 7.11 Å². The summed E-state index contributed by atoms with van der Waals surface area (Å²) < 4.78 is 30.8. The van der Waals surface area contributed by atoms with E-state index in [-0.39, 0.29) is 35.2 Å². The van der Waals surface area contributed by atoms with E-state index in [1.807, 2.05) is 20.8 Å². The third kappa shape index (κ3) is 8.12. The average molecular weight is 501 g/mol. The first-order valence-corrected chi connectivity index (χ1v) is 11.4. The Morgan fingerprint density at radius 3 is 2.44 bits per heavy atom. The van der Waals surface area contributed by atoms with E-state index in [1.54, 1.807) is 32.9 Å². The Kier molecular flexibility index (Phi) is 9.23. The Labute approximate surface area is 211 Å². The Morgan fingerprint density at radius 2 is 1.86 bits per heavy atom. The van der Waals surface area contributed by atoms with Crippen molar-refractivity contribution in [2.75, 3.05) is 19.0 Å². The van der Waals surface area contributed by atoms with E-state index in [1.165, 1.54) is 18.3 Å². The van der Waals surface area contributed by atoms with E-state index >= 15 is 0 Å². The molecule has 0 saturated heterocycles. The van der Waals surface area contributed by atoms with Gasteiger partial charge in [-0.05, 0) is 63.8 Å². The molecule has 0 bridgehead atoms. The van der Waals surface area contributed by atoms with Crippen LogP contribution < -0.4 is 15.4 Å². The molecule has 1 unspecified atom stereocenters. The second kappa shape index (κ2) is 11.7. The Morgan fingerprint density at radius 1 is 1.17 bits per heavy atom. The van der Waals surface area contributed by atoms with E-state index < -0.39 is 29.1 Å². The number of benzene rings is 1. The molecule has 194 valence electrons. The van der Waals surface area contributed by atoms with Crippen molar-refractivity contribution in [3.63, 3.8) is 0 Å². The summed E-state index contributed by atoms with van der Waals surface area (Å²) in [5.74, 6) is -0.541. The van der Waals surface area contributed by atoms with Gasteiger partial charge < -0.3 is 19.5 Å². The van der Waals surface area contributed by atoms with E-state index in [4.69, 9.17) is 9.47 Å². The summed E-state index contributed by atoms with van der Waals surface area (Å²) in [7, 11) is 1.16. The van der Waals surface area contributed by atoms with Crippen LogP contribution in [0.25, 0.3) is 11.1 Å². The summed E-state index contributed by atoms with van der Waals surface area (Å²) in [5.41, 5.74) is -0.718. The molecule has 2 N–H and O–H groups in total. The lowest BCUT2D eigenvalue weighted by atomic mass is 9.91. The van der Waals surface area contributed by atoms with Crippen molar-refractivity contribution >= 4 is 18.0 Å². The Bertz CT molecular complexity index is 1140. The first-order valence-electron chi connectivity index (χ1n) is 11.4. The second-order valence-electron chi connectivity index (χ2n) is 10.0. The summed E-state index contributed by atoms with van der Waals surface area (Å²) in [6.07, 6.45) is 0.517. The molecule has 36 heavy (non-hydrogen) atoms. The van der Waals surface area contributed by atoms with Gasteiger partial charge in [0.2, 0.25) is 0 Å². The van der Waals surface area contributed by atoms with Gasteiger partial charge in [-0.1, -0.05) is 19.9 Å². The molecular formula is C26H33FN4O5. The van der Waals surface area contributed by atoms with Crippen molar-refractivity contribution < 1.29 is 28.2 Å². The lowest BCUT2D eigenvalue weighted by Crippen LogP contribution is -2.52. The average Bonchev–Trinajstić information content (AvgIpc) is 2.77. The van der Waals surface area contributed by atoms with E-state index in [2.05, 4.69) is 26.4 Å². The number of hydrogen-bond donors (Lipinski definition) is 2. The van der Waals surface area contributed by atoms with Crippen molar-refractivity contribution in [1.29, 1.82) is 5.26 Å². The van der Waals surface area contributed by atoms with Gasteiger partial charge in [0.05, 0.1) is 18.2 Å². The number of nitriles is 1. The summed E-state index contributed by atoms with van der Waals surface area (Å²) >= 11 is 0. The number of aromatic nitrogens is 1. The number of carbonyl (C=O) groups excluding carboxylic acids is 2. The molecule has 0 aliphatic carbocycles. The fraction of sp³-hybridized carbons (Fsp3) is 0.462. The van der Waals surface area contributed by atoms with Gasteiger partial charge in [0.15, 0.2) is 11.6 Å². The predicted octanol–water partition coefficient (Wildman–Crippen LogP) is 5.65. The zero-order valence-corrected chi connectivity index (χ0v) is 21.7. The molecule has 0 aliphatic heterocycles. The molecule has 2 rings (SSSR count). The minimum Gasteiger partial charge on any atom is -0.490 e. The third-order valence-electron chi connectivity index (χ3n) is 4.91. The number of halogens is 1. The molecule has 9 nitrogen and oxygen atoms in total. The quantitative estimate of drug-likeness (QED) is 0.480. The van der Waals surface area contributed by atoms with Crippen molar-refractivity contribution in [3.05, 3.63) is 41.8 Å². The lowest BCUT2D eigenvalue weighted by Gasteiger charge is -2.33. The highest BCUT2D eigenvalue weighted by Gasteiger charge is 2.31. The van der Waals surface area contributed by atoms with Gasteiger partial charge in [-0.3, -0.25) is 5.32 Å². The minimum absolute atomic E-state index is 0.0786. The minimum atomic E-state index is -0.857. The zero-order chi connectivity index (χ0) is 27.1. The van der Waals surface area contributed by atoms with Gasteiger partial charge >= 0.3 is 12.2 Å². The smallest absolute Gasteiger partial charge is 0.412 e. The highest BCUT2D eigenvalue weighted by Crippen LogP contribution is 2.31. The SMILES string of the molecule is COC(=O)Nc1nccc(-c2ccc(OCC(C)(CC(C)C)NC(=O)OC(C)(C)C)c(C#N)c2)c1F.